The smallest absolute Gasteiger partial charge is 0.146 e. The lowest BCUT2D eigenvalue weighted by Crippen LogP contribution is -2.57. The zero-order chi connectivity index (χ0) is 13.3. The van der Waals surface area contributed by atoms with Crippen molar-refractivity contribution in [2.75, 3.05) is 32.4 Å². The number of rotatable bonds is 2. The molecule has 1 fully saturated rings. The van der Waals surface area contributed by atoms with Crippen LogP contribution in [-0.2, 0) is 6.54 Å². The molecule has 4 heteroatoms. The predicted molar refractivity (Wildman–Crippen MR) is 72.8 cm³/mol. The molecule has 0 unspecified atom stereocenters. The highest BCUT2D eigenvalue weighted by atomic mass is 19.1. The van der Waals surface area contributed by atoms with Gasteiger partial charge in [-0.3, -0.25) is 9.80 Å². The molecule has 3 nitrogen and oxygen atoms in total. The Morgan fingerprint density at radius 3 is 2.67 bits per heavy atom. The highest BCUT2D eigenvalue weighted by Gasteiger charge is 2.30. The zero-order valence-corrected chi connectivity index (χ0v) is 11.4. The fourth-order valence-corrected chi connectivity index (χ4v) is 2.40. The van der Waals surface area contributed by atoms with E-state index in [4.69, 9.17) is 5.73 Å². The normalized spacial score (nSPS) is 21.1. The van der Waals surface area contributed by atoms with Crippen LogP contribution >= 0.6 is 0 Å². The number of hydrogen-bond acceptors (Lipinski definition) is 3. The fraction of sp³-hybridized carbons (Fsp3) is 0.571. The number of halogens is 1. The highest BCUT2D eigenvalue weighted by molar-refractivity contribution is 5.41. The van der Waals surface area contributed by atoms with Crippen molar-refractivity contribution in [2.24, 2.45) is 0 Å². The number of anilines is 1. The van der Waals surface area contributed by atoms with Crippen LogP contribution in [0.2, 0.25) is 0 Å². The molecule has 18 heavy (non-hydrogen) atoms. The number of hydrogen-bond donors (Lipinski definition) is 1. The molecule has 1 aromatic rings. The lowest BCUT2D eigenvalue weighted by molar-refractivity contribution is 0.0360. The van der Waals surface area contributed by atoms with Gasteiger partial charge in [-0.05, 0) is 38.6 Å². The Hall–Kier alpha value is -1.13. The lowest BCUT2D eigenvalue weighted by atomic mass is 9.99. The SMILES string of the molecule is CN1CCN(Cc2ccc(N)c(F)c2)CC1(C)C. The molecule has 0 bridgehead atoms. The van der Waals surface area contributed by atoms with Gasteiger partial charge in [-0.25, -0.2) is 4.39 Å². The minimum absolute atomic E-state index is 0.171. The molecule has 0 atom stereocenters. The lowest BCUT2D eigenvalue weighted by Gasteiger charge is -2.45. The molecule has 0 saturated carbocycles. The van der Waals surface area contributed by atoms with Gasteiger partial charge in [0.25, 0.3) is 0 Å². The first-order valence-electron chi connectivity index (χ1n) is 6.36. The van der Waals surface area contributed by atoms with E-state index in [1.165, 1.54) is 0 Å². The van der Waals surface area contributed by atoms with Crippen LogP contribution in [0.4, 0.5) is 10.1 Å². The van der Waals surface area contributed by atoms with Crippen LogP contribution in [0.3, 0.4) is 0 Å². The van der Waals surface area contributed by atoms with Crippen LogP contribution in [-0.4, -0.2) is 42.0 Å². The van der Waals surface area contributed by atoms with E-state index in [0.29, 0.717) is 0 Å². The molecule has 1 aromatic carbocycles. The Kier molecular flexibility index (Phi) is 3.59. The molecule has 0 aromatic heterocycles. The molecule has 0 amide bonds. The highest BCUT2D eigenvalue weighted by Crippen LogP contribution is 2.21. The molecule has 0 spiro atoms. The van der Waals surface area contributed by atoms with Crippen LogP contribution < -0.4 is 5.73 Å². The van der Waals surface area contributed by atoms with E-state index in [9.17, 15) is 4.39 Å². The van der Waals surface area contributed by atoms with Crippen LogP contribution in [0.5, 0.6) is 0 Å². The third kappa shape index (κ3) is 2.82. The Balaban J connectivity index is 2.04. The summed E-state index contributed by atoms with van der Waals surface area (Å²) < 4.78 is 13.4. The molecule has 0 aliphatic carbocycles. The molecule has 1 aliphatic heterocycles. The van der Waals surface area contributed by atoms with Gasteiger partial charge in [0.15, 0.2) is 0 Å². The second-order valence-electron chi connectivity index (χ2n) is 5.80. The number of likely N-dealkylation sites (N-methyl/N-ethyl adjacent to an activating group) is 1. The van der Waals surface area contributed by atoms with Gasteiger partial charge in [-0.15, -0.1) is 0 Å². The number of nitrogens with zero attached hydrogens (tertiary/aromatic N) is 2. The van der Waals surface area contributed by atoms with Gasteiger partial charge in [0.2, 0.25) is 0 Å². The summed E-state index contributed by atoms with van der Waals surface area (Å²) in [6.07, 6.45) is 0. The van der Waals surface area contributed by atoms with Crippen LogP contribution in [0.15, 0.2) is 18.2 Å². The van der Waals surface area contributed by atoms with Gasteiger partial charge in [0, 0.05) is 31.7 Å². The maximum Gasteiger partial charge on any atom is 0.146 e. The maximum absolute atomic E-state index is 13.4. The Bertz CT molecular complexity index is 431. The molecule has 2 N–H and O–H groups in total. The summed E-state index contributed by atoms with van der Waals surface area (Å²) in [6, 6.07) is 5.09. The van der Waals surface area contributed by atoms with Gasteiger partial charge in [0.05, 0.1) is 5.69 Å². The van der Waals surface area contributed by atoms with Crippen molar-refractivity contribution in [3.63, 3.8) is 0 Å². The van der Waals surface area contributed by atoms with Gasteiger partial charge >= 0.3 is 0 Å². The van der Waals surface area contributed by atoms with Crippen LogP contribution in [0.1, 0.15) is 19.4 Å². The minimum atomic E-state index is -0.319. The van der Waals surface area contributed by atoms with Crippen molar-refractivity contribution in [3.8, 4) is 0 Å². The van der Waals surface area contributed by atoms with E-state index in [1.54, 1.807) is 12.1 Å². The summed E-state index contributed by atoms with van der Waals surface area (Å²) in [5.41, 5.74) is 6.87. The summed E-state index contributed by atoms with van der Waals surface area (Å²) in [4.78, 5) is 4.73. The van der Waals surface area contributed by atoms with Gasteiger partial charge in [-0.1, -0.05) is 6.07 Å². The van der Waals surface area contributed by atoms with Crippen LogP contribution in [0, 0.1) is 5.82 Å². The second-order valence-corrected chi connectivity index (χ2v) is 5.80. The average Bonchev–Trinajstić information content (AvgIpc) is 2.28. The van der Waals surface area contributed by atoms with Crippen molar-refractivity contribution in [1.29, 1.82) is 0 Å². The van der Waals surface area contributed by atoms with E-state index in [1.807, 2.05) is 6.07 Å². The Morgan fingerprint density at radius 2 is 2.06 bits per heavy atom. The fourth-order valence-electron chi connectivity index (χ4n) is 2.40. The maximum atomic E-state index is 13.4. The first-order chi connectivity index (χ1) is 8.38. The minimum Gasteiger partial charge on any atom is -0.396 e. The van der Waals surface area contributed by atoms with E-state index < -0.39 is 0 Å². The number of nitrogen functional groups attached to an aromatic ring is 1. The first kappa shape index (κ1) is 13.3. The molecule has 1 heterocycles. The van der Waals surface area contributed by atoms with Crippen molar-refractivity contribution >= 4 is 5.69 Å². The van der Waals surface area contributed by atoms with Crippen molar-refractivity contribution in [2.45, 2.75) is 25.9 Å². The summed E-state index contributed by atoms with van der Waals surface area (Å²) >= 11 is 0. The predicted octanol–water partition coefficient (Wildman–Crippen LogP) is 1.93. The van der Waals surface area contributed by atoms with Gasteiger partial charge < -0.3 is 5.73 Å². The van der Waals surface area contributed by atoms with Crippen molar-refractivity contribution in [3.05, 3.63) is 29.6 Å². The monoisotopic (exact) mass is 251 g/mol. The summed E-state index contributed by atoms with van der Waals surface area (Å²) in [6.45, 7) is 8.33. The van der Waals surface area contributed by atoms with E-state index in [2.05, 4.69) is 30.7 Å². The third-order valence-electron chi connectivity index (χ3n) is 3.87. The van der Waals surface area contributed by atoms with E-state index in [0.717, 1.165) is 31.7 Å². The topological polar surface area (TPSA) is 32.5 Å². The molecule has 1 aliphatic rings. The molecule has 1 saturated heterocycles. The summed E-state index contributed by atoms with van der Waals surface area (Å²) in [5, 5.41) is 0. The third-order valence-corrected chi connectivity index (χ3v) is 3.87. The first-order valence-corrected chi connectivity index (χ1v) is 6.36. The largest absolute Gasteiger partial charge is 0.396 e. The van der Waals surface area contributed by atoms with Crippen molar-refractivity contribution in [1.82, 2.24) is 9.80 Å². The van der Waals surface area contributed by atoms with Gasteiger partial charge in [-0.2, -0.15) is 0 Å². The molecule has 0 radical (unpaired) electrons. The summed E-state index contributed by atoms with van der Waals surface area (Å²) in [7, 11) is 2.15. The van der Waals surface area contributed by atoms with Gasteiger partial charge in [0.1, 0.15) is 5.82 Å². The molecular weight excluding hydrogens is 229 g/mol. The van der Waals surface area contributed by atoms with E-state index >= 15 is 0 Å². The standard InChI is InChI=1S/C14H22FN3/c1-14(2)10-18(7-6-17(14)3)9-11-4-5-13(16)12(15)8-11/h4-5,8H,6-7,9-10,16H2,1-3H3. The number of piperazine rings is 1. The molecule has 2 rings (SSSR count). The molecule has 100 valence electrons. The Morgan fingerprint density at radius 1 is 1.33 bits per heavy atom. The molecular formula is C14H22FN3. The average molecular weight is 251 g/mol. The second kappa shape index (κ2) is 4.86. The zero-order valence-electron chi connectivity index (χ0n) is 11.4. The quantitative estimate of drug-likeness (QED) is 0.815. The Labute approximate surface area is 108 Å². The number of benzene rings is 1. The summed E-state index contributed by atoms with van der Waals surface area (Å²) in [5.74, 6) is -0.319. The van der Waals surface area contributed by atoms with Crippen molar-refractivity contribution < 1.29 is 4.39 Å². The number of nitrogens with two attached hydrogens (primary N) is 1. The van der Waals surface area contributed by atoms with Crippen LogP contribution in [0.25, 0.3) is 0 Å². The van der Waals surface area contributed by atoms with E-state index in [-0.39, 0.29) is 17.0 Å².